The zero-order chi connectivity index (χ0) is 14.0. The maximum atomic E-state index is 13.5. The summed E-state index contributed by atoms with van der Waals surface area (Å²) >= 11 is 4.81. The molecule has 1 unspecified atom stereocenters. The molecule has 5 heteroatoms. The van der Waals surface area contributed by atoms with Crippen molar-refractivity contribution >= 4 is 27.3 Å². The van der Waals surface area contributed by atoms with Crippen LogP contribution in [0.3, 0.4) is 0 Å². The minimum Gasteiger partial charge on any atom is -0.496 e. The second kappa shape index (κ2) is 6.03. The normalized spacial score (nSPS) is 12.5. The summed E-state index contributed by atoms with van der Waals surface area (Å²) in [5.41, 5.74) is 8.33. The Morgan fingerprint density at radius 1 is 1.47 bits per heavy atom. The molecule has 19 heavy (non-hydrogen) atoms. The highest BCUT2D eigenvalue weighted by Crippen LogP contribution is 2.36. The number of aryl methyl sites for hydroxylation is 1. The maximum absolute atomic E-state index is 13.5. The Kier molecular flexibility index (Phi) is 4.60. The highest BCUT2D eigenvalue weighted by Gasteiger charge is 2.19. The first kappa shape index (κ1) is 14.5. The van der Waals surface area contributed by atoms with Gasteiger partial charge in [0, 0.05) is 16.5 Å². The Hall–Kier alpha value is -0.910. The topological polar surface area (TPSA) is 35.2 Å². The molecule has 2 aromatic rings. The molecule has 1 aromatic heterocycles. The lowest BCUT2D eigenvalue weighted by Gasteiger charge is -2.17. The fraction of sp³-hybridized carbons (Fsp3) is 0.286. The molecule has 1 aromatic carbocycles. The molecule has 0 amide bonds. The van der Waals surface area contributed by atoms with Crippen molar-refractivity contribution in [1.29, 1.82) is 0 Å². The Bertz CT molecular complexity index is 585. The molecule has 2 N–H and O–H groups in total. The zero-order valence-corrected chi connectivity index (χ0v) is 13.1. The predicted octanol–water partition coefficient (Wildman–Crippen LogP) is 4.27. The minimum atomic E-state index is -0.352. The number of rotatable bonds is 4. The summed E-state index contributed by atoms with van der Waals surface area (Å²) in [5, 5.41) is 2.03. The first-order valence-corrected chi connectivity index (χ1v) is 7.60. The molecule has 0 fully saturated rings. The Labute approximate surface area is 124 Å². The van der Waals surface area contributed by atoms with Crippen molar-refractivity contribution in [1.82, 2.24) is 0 Å². The van der Waals surface area contributed by atoms with Gasteiger partial charge in [0.2, 0.25) is 0 Å². The van der Waals surface area contributed by atoms with E-state index in [9.17, 15) is 4.39 Å². The minimum absolute atomic E-state index is 0.304. The molecule has 0 saturated heterocycles. The average Bonchev–Trinajstić information content (AvgIpc) is 2.88. The van der Waals surface area contributed by atoms with Crippen LogP contribution in [-0.4, -0.2) is 7.11 Å². The van der Waals surface area contributed by atoms with Crippen LogP contribution in [0.15, 0.2) is 28.1 Å². The molecule has 0 aliphatic rings. The molecule has 102 valence electrons. The number of halogens is 2. The summed E-state index contributed by atoms with van der Waals surface area (Å²) in [6.07, 6.45) is 0.928. The molecule has 1 heterocycles. The largest absolute Gasteiger partial charge is 0.496 e. The molecule has 2 rings (SSSR count). The monoisotopic (exact) mass is 343 g/mol. The van der Waals surface area contributed by atoms with Crippen molar-refractivity contribution in [2.24, 2.45) is 5.73 Å². The Balaban J connectivity index is 2.49. The van der Waals surface area contributed by atoms with Gasteiger partial charge in [-0.15, -0.1) is 11.3 Å². The van der Waals surface area contributed by atoms with Crippen LogP contribution in [-0.2, 0) is 6.42 Å². The van der Waals surface area contributed by atoms with Crippen molar-refractivity contribution in [3.8, 4) is 5.75 Å². The Morgan fingerprint density at radius 2 is 2.21 bits per heavy atom. The van der Waals surface area contributed by atoms with E-state index < -0.39 is 0 Å². The number of nitrogens with two attached hydrogens (primary N) is 1. The molecule has 0 saturated carbocycles. The number of benzene rings is 1. The lowest BCUT2D eigenvalue weighted by Crippen LogP contribution is -2.13. The molecular formula is C14H15BrFNOS. The van der Waals surface area contributed by atoms with E-state index in [-0.39, 0.29) is 11.9 Å². The van der Waals surface area contributed by atoms with Crippen molar-refractivity contribution in [2.45, 2.75) is 19.4 Å². The first-order chi connectivity index (χ1) is 9.08. The number of methoxy groups -OCH3 is 1. The van der Waals surface area contributed by atoms with Gasteiger partial charge in [0.15, 0.2) is 0 Å². The zero-order valence-electron chi connectivity index (χ0n) is 10.7. The van der Waals surface area contributed by atoms with Gasteiger partial charge >= 0.3 is 0 Å². The van der Waals surface area contributed by atoms with Gasteiger partial charge in [-0.05, 0) is 45.4 Å². The molecule has 0 spiro atoms. The van der Waals surface area contributed by atoms with Crippen LogP contribution in [0.2, 0.25) is 0 Å². The quantitative estimate of drug-likeness (QED) is 0.899. The van der Waals surface area contributed by atoms with E-state index in [0.717, 1.165) is 16.9 Å². The van der Waals surface area contributed by atoms with Crippen LogP contribution >= 0.6 is 27.3 Å². The summed E-state index contributed by atoms with van der Waals surface area (Å²) in [4.78, 5) is 1.10. The van der Waals surface area contributed by atoms with Crippen LogP contribution in [0.4, 0.5) is 4.39 Å². The van der Waals surface area contributed by atoms with E-state index >= 15 is 0 Å². The van der Waals surface area contributed by atoms with Gasteiger partial charge in [-0.3, -0.25) is 0 Å². The van der Waals surface area contributed by atoms with E-state index in [4.69, 9.17) is 10.5 Å². The number of hydrogen-bond donors (Lipinski definition) is 1. The highest BCUT2D eigenvalue weighted by atomic mass is 79.9. The summed E-state index contributed by atoms with van der Waals surface area (Å²) in [6.45, 7) is 2.09. The van der Waals surface area contributed by atoms with Crippen LogP contribution in [0.25, 0.3) is 0 Å². The third-order valence-electron chi connectivity index (χ3n) is 3.05. The molecule has 0 aliphatic carbocycles. The van der Waals surface area contributed by atoms with E-state index in [1.165, 1.54) is 18.7 Å². The van der Waals surface area contributed by atoms with Crippen LogP contribution in [0.1, 0.15) is 29.0 Å². The molecule has 0 bridgehead atoms. The smallest absolute Gasteiger partial charge is 0.141 e. The van der Waals surface area contributed by atoms with E-state index in [1.807, 2.05) is 5.38 Å². The van der Waals surface area contributed by atoms with Gasteiger partial charge in [0.1, 0.15) is 11.6 Å². The van der Waals surface area contributed by atoms with Gasteiger partial charge in [-0.25, -0.2) is 4.39 Å². The van der Waals surface area contributed by atoms with Crippen molar-refractivity contribution in [2.75, 3.05) is 7.11 Å². The van der Waals surface area contributed by atoms with Gasteiger partial charge in [0.05, 0.1) is 17.6 Å². The van der Waals surface area contributed by atoms with E-state index in [1.54, 1.807) is 17.4 Å². The second-order valence-corrected chi connectivity index (χ2v) is 5.95. The SMILES string of the molecule is CCc1ccsc1C(N)c1cc(Br)c(F)cc1OC. The van der Waals surface area contributed by atoms with Crippen molar-refractivity contribution in [3.63, 3.8) is 0 Å². The molecular weight excluding hydrogens is 329 g/mol. The predicted molar refractivity (Wildman–Crippen MR) is 80.4 cm³/mol. The lowest BCUT2D eigenvalue weighted by molar-refractivity contribution is 0.404. The number of thiophene rings is 1. The second-order valence-electron chi connectivity index (χ2n) is 4.15. The van der Waals surface area contributed by atoms with E-state index in [0.29, 0.717) is 10.2 Å². The summed E-state index contributed by atoms with van der Waals surface area (Å²) < 4.78 is 19.2. The summed E-state index contributed by atoms with van der Waals surface area (Å²) in [5.74, 6) is 0.123. The van der Waals surface area contributed by atoms with Crippen LogP contribution in [0.5, 0.6) is 5.75 Å². The van der Waals surface area contributed by atoms with Crippen molar-refractivity contribution < 1.29 is 9.13 Å². The van der Waals surface area contributed by atoms with Crippen LogP contribution in [0, 0.1) is 5.82 Å². The fourth-order valence-corrected chi connectivity index (χ4v) is 3.39. The van der Waals surface area contributed by atoms with Gasteiger partial charge in [-0.2, -0.15) is 0 Å². The lowest BCUT2D eigenvalue weighted by atomic mass is 10.0. The van der Waals surface area contributed by atoms with Gasteiger partial charge < -0.3 is 10.5 Å². The maximum Gasteiger partial charge on any atom is 0.141 e. The van der Waals surface area contributed by atoms with Crippen LogP contribution < -0.4 is 10.5 Å². The summed E-state index contributed by atoms with van der Waals surface area (Å²) in [6, 6.07) is 4.82. The fourth-order valence-electron chi connectivity index (χ4n) is 2.02. The molecule has 2 nitrogen and oxygen atoms in total. The highest BCUT2D eigenvalue weighted by molar-refractivity contribution is 9.10. The third kappa shape index (κ3) is 2.83. The number of ether oxygens (including phenoxy) is 1. The molecule has 1 atom stereocenters. The van der Waals surface area contributed by atoms with E-state index in [2.05, 4.69) is 28.9 Å². The Morgan fingerprint density at radius 3 is 2.84 bits per heavy atom. The molecule has 0 radical (unpaired) electrons. The molecule has 0 aliphatic heterocycles. The van der Waals surface area contributed by atoms with Gasteiger partial charge in [-0.1, -0.05) is 6.92 Å². The standard InChI is InChI=1S/C14H15BrFNOS/c1-3-8-4-5-19-14(8)13(17)9-6-10(15)11(16)7-12(9)18-2/h4-7,13H,3,17H2,1-2H3. The average molecular weight is 344 g/mol. The van der Waals surface area contributed by atoms with Gasteiger partial charge in [0.25, 0.3) is 0 Å². The third-order valence-corrected chi connectivity index (χ3v) is 4.70. The van der Waals surface area contributed by atoms with Crippen molar-refractivity contribution in [3.05, 3.63) is 49.9 Å². The summed E-state index contributed by atoms with van der Waals surface area (Å²) in [7, 11) is 1.52. The first-order valence-electron chi connectivity index (χ1n) is 5.93. The number of hydrogen-bond acceptors (Lipinski definition) is 3.